The predicted octanol–water partition coefficient (Wildman–Crippen LogP) is 2.32. The molecule has 0 saturated heterocycles. The lowest BCUT2D eigenvalue weighted by Crippen LogP contribution is -2.64. The first kappa shape index (κ1) is 13.4. The normalized spacial score (nSPS) is 12.4. The van der Waals surface area contributed by atoms with Crippen molar-refractivity contribution in [3.63, 3.8) is 0 Å². The van der Waals surface area contributed by atoms with Crippen LogP contribution in [-0.2, 0) is 0 Å². The molecule has 0 saturated carbocycles. The summed E-state index contributed by atoms with van der Waals surface area (Å²) in [6.07, 6.45) is 0. The monoisotopic (exact) mass is 201 g/mol. The Bertz CT molecular complexity index is 189. The van der Waals surface area contributed by atoms with E-state index in [1.807, 2.05) is 14.1 Å². The second-order valence-corrected chi connectivity index (χ2v) is 4.61. The number of carbonyl (C=O) groups is 1. The highest BCUT2D eigenvalue weighted by Gasteiger charge is 2.42. The van der Waals surface area contributed by atoms with E-state index in [0.29, 0.717) is 16.6 Å². The smallest absolute Gasteiger partial charge is 0.298 e. The molecule has 0 aliphatic heterocycles. The fraction of sp³-hybridized carbons (Fsp3) is 0.909. The Hall–Kier alpha value is -0.570. The Morgan fingerprint density at radius 2 is 1.50 bits per heavy atom. The van der Waals surface area contributed by atoms with Gasteiger partial charge in [0.1, 0.15) is 0 Å². The summed E-state index contributed by atoms with van der Waals surface area (Å²) >= 11 is 0. The molecule has 84 valence electrons. The van der Waals surface area contributed by atoms with Crippen molar-refractivity contribution in [1.82, 2.24) is 4.90 Å². The molecule has 0 spiro atoms. The van der Waals surface area contributed by atoms with E-state index in [1.165, 1.54) is 0 Å². The molecule has 3 heteroatoms. The highest BCUT2D eigenvalue weighted by Crippen LogP contribution is 2.21. The number of carbonyl (C=O) groups excluding carboxylic acids is 1. The van der Waals surface area contributed by atoms with Crippen LogP contribution in [0.5, 0.6) is 0 Å². The van der Waals surface area contributed by atoms with Gasteiger partial charge in [0, 0.05) is 14.1 Å². The lowest BCUT2D eigenvalue weighted by molar-refractivity contribution is -0.893. The molecule has 0 aliphatic rings. The Labute approximate surface area is 88.3 Å². The largest absolute Gasteiger partial charge is 0.419 e. The van der Waals surface area contributed by atoms with E-state index in [0.717, 1.165) is 6.54 Å². The molecule has 0 fully saturated rings. The van der Waals surface area contributed by atoms with Crippen molar-refractivity contribution in [1.29, 1.82) is 0 Å². The van der Waals surface area contributed by atoms with Crippen LogP contribution in [0.15, 0.2) is 0 Å². The van der Waals surface area contributed by atoms with Gasteiger partial charge in [0.15, 0.2) is 0 Å². The topological polar surface area (TPSA) is 20.3 Å². The third kappa shape index (κ3) is 2.08. The Morgan fingerprint density at radius 1 is 1.14 bits per heavy atom. The molecule has 3 nitrogen and oxygen atoms in total. The van der Waals surface area contributed by atoms with Gasteiger partial charge in [0.2, 0.25) is 0 Å². The van der Waals surface area contributed by atoms with E-state index in [4.69, 9.17) is 0 Å². The highest BCUT2D eigenvalue weighted by molar-refractivity contribution is 5.66. The summed E-state index contributed by atoms with van der Waals surface area (Å²) < 4.78 is 0.535. The van der Waals surface area contributed by atoms with Crippen LogP contribution in [0, 0.1) is 0 Å². The average molecular weight is 201 g/mol. The fourth-order valence-electron chi connectivity index (χ4n) is 2.28. The minimum absolute atomic E-state index is 0.206. The maximum atomic E-state index is 12.2. The highest BCUT2D eigenvalue weighted by atomic mass is 16.2. The Morgan fingerprint density at radius 3 is 1.57 bits per heavy atom. The summed E-state index contributed by atoms with van der Waals surface area (Å²) in [7, 11) is 3.66. The van der Waals surface area contributed by atoms with Crippen LogP contribution in [0.3, 0.4) is 0 Å². The zero-order valence-corrected chi connectivity index (χ0v) is 10.7. The molecule has 0 aliphatic carbocycles. The van der Waals surface area contributed by atoms with Gasteiger partial charge < -0.3 is 0 Å². The van der Waals surface area contributed by atoms with E-state index in [1.54, 1.807) is 4.90 Å². The van der Waals surface area contributed by atoms with Crippen molar-refractivity contribution in [2.24, 2.45) is 0 Å². The van der Waals surface area contributed by atoms with Gasteiger partial charge in [-0.2, -0.15) is 0 Å². The minimum Gasteiger partial charge on any atom is -0.298 e. The SMILES string of the molecule is CC[N+](C(=O)N(C)C)(C(C)C)C(C)C. The predicted molar refractivity (Wildman–Crippen MR) is 60.2 cm³/mol. The summed E-state index contributed by atoms with van der Waals surface area (Å²) in [5, 5.41) is 0. The number of hydrogen-bond acceptors (Lipinski definition) is 1. The van der Waals surface area contributed by atoms with Crippen LogP contribution in [0.25, 0.3) is 0 Å². The molecule has 0 aromatic carbocycles. The summed E-state index contributed by atoms with van der Waals surface area (Å²) in [4.78, 5) is 13.9. The summed E-state index contributed by atoms with van der Waals surface area (Å²) in [6, 6.07) is 0.863. The van der Waals surface area contributed by atoms with Crippen LogP contribution < -0.4 is 0 Å². The van der Waals surface area contributed by atoms with Gasteiger partial charge in [-0.05, 0) is 34.6 Å². The minimum atomic E-state index is 0.206. The quantitative estimate of drug-likeness (QED) is 0.642. The molecular weight excluding hydrogens is 176 g/mol. The number of urea groups is 1. The molecule has 0 unspecified atom stereocenters. The van der Waals surface area contributed by atoms with Gasteiger partial charge >= 0.3 is 6.03 Å². The standard InChI is InChI=1S/C11H25N2O/c1-8-13(9(2)3,10(4)5)11(14)12(6)7/h9-10H,8H2,1-7H3/q+1. The molecule has 14 heavy (non-hydrogen) atoms. The van der Waals surface area contributed by atoms with E-state index < -0.39 is 0 Å². The summed E-state index contributed by atoms with van der Waals surface area (Å²) in [5.41, 5.74) is 0. The van der Waals surface area contributed by atoms with Crippen molar-refractivity contribution in [3.8, 4) is 0 Å². The zero-order chi connectivity index (χ0) is 11.5. The number of rotatable bonds is 3. The molecular formula is C11H25N2O+. The summed E-state index contributed by atoms with van der Waals surface area (Å²) in [5.74, 6) is 0. The van der Waals surface area contributed by atoms with Gasteiger partial charge in [-0.25, -0.2) is 9.28 Å². The van der Waals surface area contributed by atoms with Crippen LogP contribution in [-0.4, -0.2) is 48.1 Å². The molecule has 0 atom stereocenters. The van der Waals surface area contributed by atoms with Gasteiger partial charge in [0.05, 0.1) is 18.6 Å². The van der Waals surface area contributed by atoms with E-state index in [2.05, 4.69) is 34.6 Å². The van der Waals surface area contributed by atoms with Crippen molar-refractivity contribution in [2.75, 3.05) is 20.6 Å². The first-order chi connectivity index (χ1) is 6.30. The lowest BCUT2D eigenvalue weighted by atomic mass is 10.1. The van der Waals surface area contributed by atoms with Crippen molar-refractivity contribution in [2.45, 2.75) is 46.7 Å². The zero-order valence-electron chi connectivity index (χ0n) is 10.7. The molecule has 2 amide bonds. The van der Waals surface area contributed by atoms with Crippen LogP contribution in [0.1, 0.15) is 34.6 Å². The first-order valence-electron chi connectivity index (χ1n) is 5.39. The number of nitrogens with zero attached hydrogens (tertiary/aromatic N) is 2. The Balaban J connectivity index is 5.15. The number of hydrogen-bond donors (Lipinski definition) is 0. The Kier molecular flexibility index (Phi) is 4.59. The molecule has 0 radical (unpaired) electrons. The second kappa shape index (κ2) is 4.78. The molecule has 0 bridgehead atoms. The third-order valence-electron chi connectivity index (χ3n) is 3.10. The molecule has 0 heterocycles. The van der Waals surface area contributed by atoms with E-state index in [-0.39, 0.29) is 6.03 Å². The lowest BCUT2D eigenvalue weighted by Gasteiger charge is -2.43. The maximum absolute atomic E-state index is 12.2. The van der Waals surface area contributed by atoms with E-state index >= 15 is 0 Å². The number of quaternary nitrogens is 1. The number of amides is 2. The second-order valence-electron chi connectivity index (χ2n) is 4.61. The van der Waals surface area contributed by atoms with Gasteiger partial charge in [-0.1, -0.05) is 0 Å². The molecule has 0 N–H and O–H groups in total. The van der Waals surface area contributed by atoms with Gasteiger partial charge in [-0.15, -0.1) is 0 Å². The van der Waals surface area contributed by atoms with E-state index in [9.17, 15) is 4.79 Å². The first-order valence-corrected chi connectivity index (χ1v) is 5.39. The average Bonchev–Trinajstić information content (AvgIpc) is 2.04. The molecule has 0 aromatic rings. The summed E-state index contributed by atoms with van der Waals surface area (Å²) in [6.45, 7) is 11.4. The molecule has 0 aromatic heterocycles. The fourth-order valence-corrected chi connectivity index (χ4v) is 2.28. The van der Waals surface area contributed by atoms with Crippen LogP contribution >= 0.6 is 0 Å². The van der Waals surface area contributed by atoms with Crippen LogP contribution in [0.2, 0.25) is 0 Å². The van der Waals surface area contributed by atoms with Gasteiger partial charge in [-0.3, -0.25) is 4.90 Å². The third-order valence-corrected chi connectivity index (χ3v) is 3.10. The van der Waals surface area contributed by atoms with Gasteiger partial charge in [0.25, 0.3) is 0 Å². The maximum Gasteiger partial charge on any atom is 0.419 e. The van der Waals surface area contributed by atoms with Crippen LogP contribution in [0.4, 0.5) is 4.79 Å². The van der Waals surface area contributed by atoms with Crippen molar-refractivity contribution >= 4 is 6.03 Å². The van der Waals surface area contributed by atoms with Crippen molar-refractivity contribution in [3.05, 3.63) is 0 Å². The van der Waals surface area contributed by atoms with Crippen molar-refractivity contribution < 1.29 is 9.28 Å². The molecule has 0 rings (SSSR count).